The van der Waals surface area contributed by atoms with Gasteiger partial charge in [0.15, 0.2) is 11.6 Å². The van der Waals surface area contributed by atoms with Crippen LogP contribution in [0.1, 0.15) is 17.5 Å². The molecule has 1 amide bonds. The summed E-state index contributed by atoms with van der Waals surface area (Å²) >= 11 is 0. The number of nitrogens with zero attached hydrogens (tertiary/aromatic N) is 3. The Balaban J connectivity index is 0.00000361. The van der Waals surface area contributed by atoms with Gasteiger partial charge in [0.2, 0.25) is 5.91 Å². The highest BCUT2D eigenvalue weighted by Gasteiger charge is 2.46. The van der Waals surface area contributed by atoms with Crippen molar-refractivity contribution in [3.63, 3.8) is 0 Å². The molecule has 36 heavy (non-hydrogen) atoms. The second kappa shape index (κ2) is 11.2. The Morgan fingerprint density at radius 1 is 1.14 bits per heavy atom. The van der Waals surface area contributed by atoms with Gasteiger partial charge in [-0.05, 0) is 48.7 Å². The van der Waals surface area contributed by atoms with E-state index in [-0.39, 0.29) is 37.7 Å². The van der Waals surface area contributed by atoms with Gasteiger partial charge in [-0.25, -0.2) is 14.4 Å². The van der Waals surface area contributed by atoms with Gasteiger partial charge >= 0.3 is 6.18 Å². The lowest BCUT2D eigenvalue weighted by Gasteiger charge is -2.27. The van der Waals surface area contributed by atoms with E-state index in [0.29, 0.717) is 17.0 Å². The summed E-state index contributed by atoms with van der Waals surface area (Å²) in [6.07, 6.45) is -2.61. The lowest BCUT2D eigenvalue weighted by molar-refractivity contribution is -0.169. The lowest BCUT2D eigenvalue weighted by Crippen LogP contribution is -2.43. The van der Waals surface area contributed by atoms with Crippen LogP contribution < -0.4 is 15.0 Å². The normalized spacial score (nSPS) is 17.4. The summed E-state index contributed by atoms with van der Waals surface area (Å²) < 4.78 is 58.2. The van der Waals surface area contributed by atoms with Crippen molar-refractivity contribution in [3.05, 3.63) is 71.8 Å². The number of methoxy groups -OCH3 is 1. The molecule has 0 aliphatic carbocycles. The first-order valence-corrected chi connectivity index (χ1v) is 11.0. The van der Waals surface area contributed by atoms with Crippen molar-refractivity contribution < 1.29 is 27.1 Å². The fourth-order valence-corrected chi connectivity index (χ4v) is 4.04. The number of halogens is 5. The zero-order valence-electron chi connectivity index (χ0n) is 19.6. The van der Waals surface area contributed by atoms with Gasteiger partial charge in [0, 0.05) is 17.8 Å². The molecule has 11 heteroatoms. The Labute approximate surface area is 212 Å². The minimum Gasteiger partial charge on any atom is -0.497 e. The van der Waals surface area contributed by atoms with Crippen molar-refractivity contribution in [2.24, 2.45) is 5.92 Å². The molecule has 2 aromatic carbocycles. The SMILES string of the molecule is COc1ccc(CN(C(=O)C2CC(C(F)(F)F)CN2)c2ccc(C)c(-c3ncc(F)cn3)c2)cc1.Cl. The molecule has 6 nitrogen and oxygen atoms in total. The van der Waals surface area contributed by atoms with E-state index in [1.807, 2.05) is 6.92 Å². The van der Waals surface area contributed by atoms with E-state index in [1.165, 1.54) is 4.90 Å². The van der Waals surface area contributed by atoms with Crippen LogP contribution in [-0.4, -0.2) is 41.7 Å². The molecule has 1 aliphatic heterocycles. The molecule has 1 saturated heterocycles. The first kappa shape index (κ1) is 27.3. The molecule has 0 saturated carbocycles. The van der Waals surface area contributed by atoms with Crippen molar-refractivity contribution in [1.82, 2.24) is 15.3 Å². The van der Waals surface area contributed by atoms with Gasteiger partial charge in [-0.3, -0.25) is 4.79 Å². The molecule has 1 aromatic heterocycles. The summed E-state index contributed by atoms with van der Waals surface area (Å²) in [5, 5.41) is 2.73. The highest BCUT2D eigenvalue weighted by atomic mass is 35.5. The molecule has 2 atom stereocenters. The Bertz CT molecular complexity index is 1190. The van der Waals surface area contributed by atoms with Crippen molar-refractivity contribution in [2.45, 2.75) is 32.1 Å². The van der Waals surface area contributed by atoms with Crippen molar-refractivity contribution >= 4 is 24.0 Å². The smallest absolute Gasteiger partial charge is 0.393 e. The van der Waals surface area contributed by atoms with Crippen LogP contribution in [0.3, 0.4) is 0 Å². The van der Waals surface area contributed by atoms with Gasteiger partial charge in [0.1, 0.15) is 5.75 Å². The first-order chi connectivity index (χ1) is 16.7. The third-order valence-electron chi connectivity index (χ3n) is 6.05. The van der Waals surface area contributed by atoms with Crippen LogP contribution >= 0.6 is 12.4 Å². The average molecular weight is 525 g/mol. The summed E-state index contributed by atoms with van der Waals surface area (Å²) in [6.45, 7) is 1.65. The second-order valence-corrected chi connectivity index (χ2v) is 8.43. The molecule has 192 valence electrons. The molecule has 1 aliphatic rings. The third kappa shape index (κ3) is 6.11. The van der Waals surface area contributed by atoms with E-state index in [9.17, 15) is 22.4 Å². The Morgan fingerprint density at radius 3 is 2.39 bits per heavy atom. The summed E-state index contributed by atoms with van der Waals surface area (Å²) in [6, 6.07) is 11.3. The Hall–Kier alpha value is -3.24. The number of amides is 1. The molecule has 1 N–H and O–H groups in total. The average Bonchev–Trinajstić information content (AvgIpc) is 3.35. The molecule has 2 unspecified atom stereocenters. The van der Waals surface area contributed by atoms with Crippen molar-refractivity contribution in [3.8, 4) is 17.1 Å². The molecule has 0 bridgehead atoms. The zero-order chi connectivity index (χ0) is 25.2. The number of rotatable bonds is 6. The molecular formula is C25H25ClF4N4O2. The maximum atomic E-state index is 13.5. The van der Waals surface area contributed by atoms with Crippen LogP contribution in [-0.2, 0) is 11.3 Å². The number of benzene rings is 2. The van der Waals surface area contributed by atoms with Gasteiger partial charge in [0.25, 0.3) is 0 Å². The third-order valence-corrected chi connectivity index (χ3v) is 6.05. The molecule has 0 radical (unpaired) electrons. The van der Waals surface area contributed by atoms with Gasteiger partial charge in [-0.1, -0.05) is 18.2 Å². The Kier molecular flexibility index (Phi) is 8.52. The monoisotopic (exact) mass is 524 g/mol. The maximum absolute atomic E-state index is 13.5. The van der Waals surface area contributed by atoms with Crippen LogP contribution in [0.4, 0.5) is 23.2 Å². The molecule has 4 rings (SSSR count). The van der Waals surface area contributed by atoms with Gasteiger partial charge in [-0.2, -0.15) is 13.2 Å². The van der Waals surface area contributed by atoms with Gasteiger partial charge in [-0.15, -0.1) is 12.4 Å². The van der Waals surface area contributed by atoms with Crippen molar-refractivity contribution in [2.75, 3.05) is 18.6 Å². The number of hydrogen-bond acceptors (Lipinski definition) is 5. The van der Waals surface area contributed by atoms with E-state index >= 15 is 0 Å². The summed E-state index contributed by atoms with van der Waals surface area (Å²) in [7, 11) is 1.54. The van der Waals surface area contributed by atoms with Gasteiger partial charge < -0.3 is 15.0 Å². The van der Waals surface area contributed by atoms with E-state index < -0.39 is 29.9 Å². The summed E-state index contributed by atoms with van der Waals surface area (Å²) in [5.41, 5.74) is 2.62. The molecule has 1 fully saturated rings. The molecule has 2 heterocycles. The number of hydrogen-bond donors (Lipinski definition) is 1. The van der Waals surface area contributed by atoms with Crippen LogP contribution in [0.2, 0.25) is 0 Å². The van der Waals surface area contributed by atoms with Crippen LogP contribution in [0.25, 0.3) is 11.4 Å². The number of carbonyl (C=O) groups is 1. The topological polar surface area (TPSA) is 67.3 Å². The maximum Gasteiger partial charge on any atom is 0.393 e. The lowest BCUT2D eigenvalue weighted by atomic mass is 10.0. The van der Waals surface area contributed by atoms with E-state index in [0.717, 1.165) is 23.5 Å². The number of nitrogens with one attached hydrogen (secondary N) is 1. The minimum atomic E-state index is -4.38. The standard InChI is InChI=1S/C25H24F4N4O2.ClH/c1-15-3-6-19(10-21(15)23-31-12-18(26)13-32-23)33(14-16-4-7-20(35-2)8-5-16)24(34)22-9-17(11-30-22)25(27,28)29;/h3-8,10,12-13,17,22,30H,9,11,14H2,1-2H3;1H. The largest absolute Gasteiger partial charge is 0.497 e. The van der Waals surface area contributed by atoms with E-state index in [4.69, 9.17) is 4.74 Å². The summed E-state index contributed by atoms with van der Waals surface area (Å²) in [5.74, 6) is -1.71. The molecular weight excluding hydrogens is 500 g/mol. The fourth-order valence-electron chi connectivity index (χ4n) is 4.04. The highest BCUT2D eigenvalue weighted by Crippen LogP contribution is 2.34. The quantitative estimate of drug-likeness (QED) is 0.455. The number of aryl methyl sites for hydroxylation is 1. The fraction of sp³-hybridized carbons (Fsp3) is 0.320. The van der Waals surface area contributed by atoms with Crippen molar-refractivity contribution in [1.29, 1.82) is 0 Å². The number of carbonyl (C=O) groups excluding carboxylic acids is 1. The number of alkyl halides is 3. The predicted molar refractivity (Wildman–Crippen MR) is 130 cm³/mol. The van der Waals surface area contributed by atoms with Crippen LogP contribution in [0.15, 0.2) is 54.9 Å². The number of aromatic nitrogens is 2. The number of anilines is 1. The summed E-state index contributed by atoms with van der Waals surface area (Å²) in [4.78, 5) is 23.0. The van der Waals surface area contributed by atoms with Crippen LogP contribution in [0, 0.1) is 18.7 Å². The van der Waals surface area contributed by atoms with Crippen LogP contribution in [0.5, 0.6) is 5.75 Å². The Morgan fingerprint density at radius 2 is 1.81 bits per heavy atom. The first-order valence-electron chi connectivity index (χ1n) is 11.0. The van der Waals surface area contributed by atoms with Gasteiger partial charge in [0.05, 0.1) is 38.0 Å². The highest BCUT2D eigenvalue weighted by molar-refractivity contribution is 5.98. The van der Waals surface area contributed by atoms with E-state index in [2.05, 4.69) is 15.3 Å². The minimum absolute atomic E-state index is 0. The second-order valence-electron chi connectivity index (χ2n) is 8.43. The predicted octanol–water partition coefficient (Wildman–Crippen LogP) is 5.10. The van der Waals surface area contributed by atoms with E-state index in [1.54, 1.807) is 49.6 Å². The molecule has 3 aromatic rings. The number of ether oxygens (including phenoxy) is 1. The molecule has 0 spiro atoms. The zero-order valence-corrected chi connectivity index (χ0v) is 20.4.